The third kappa shape index (κ3) is 9.11. The highest BCUT2D eigenvalue weighted by molar-refractivity contribution is 7.86. The van der Waals surface area contributed by atoms with Gasteiger partial charge in [-0.3, -0.25) is 4.18 Å². The molecule has 0 aliphatic heterocycles. The van der Waals surface area contributed by atoms with Crippen molar-refractivity contribution in [2.45, 2.75) is 32.4 Å². The lowest BCUT2D eigenvalue weighted by Crippen LogP contribution is -2.39. The number of benzene rings is 3. The van der Waals surface area contributed by atoms with E-state index in [9.17, 15) is 18.0 Å². The van der Waals surface area contributed by atoms with E-state index in [4.69, 9.17) is 83.3 Å². The van der Waals surface area contributed by atoms with E-state index in [0.717, 1.165) is 6.26 Å². The van der Waals surface area contributed by atoms with Crippen LogP contribution in [0.15, 0.2) is 42.5 Å². The van der Waals surface area contributed by atoms with Gasteiger partial charge < -0.3 is 14.8 Å². The van der Waals surface area contributed by atoms with Crippen LogP contribution in [0.25, 0.3) is 0 Å². The molecule has 1 atom stereocenters. The third-order valence-electron chi connectivity index (χ3n) is 5.36. The van der Waals surface area contributed by atoms with Crippen molar-refractivity contribution < 1.29 is 31.7 Å². The zero-order chi connectivity index (χ0) is 31.6. The van der Waals surface area contributed by atoms with Gasteiger partial charge in [-0.15, -0.1) is 0 Å². The van der Waals surface area contributed by atoms with E-state index >= 15 is 0 Å². The van der Waals surface area contributed by atoms with Crippen molar-refractivity contribution in [3.05, 3.63) is 89.3 Å². The highest BCUT2D eigenvalue weighted by atomic mass is 35.5. The van der Waals surface area contributed by atoms with Gasteiger partial charge in [0.1, 0.15) is 6.10 Å². The van der Waals surface area contributed by atoms with Crippen LogP contribution in [-0.4, -0.2) is 38.7 Å². The second kappa shape index (κ2) is 13.9. The van der Waals surface area contributed by atoms with Gasteiger partial charge in [0.15, 0.2) is 11.5 Å². The molecule has 0 heterocycles. The highest BCUT2D eigenvalue weighted by Gasteiger charge is 2.26. The fraction of sp³-hybridized carbons (Fsp3) is 0.259. The van der Waals surface area contributed by atoms with E-state index in [-0.39, 0.29) is 64.9 Å². The smallest absolute Gasteiger partial charge is 0.345 e. The van der Waals surface area contributed by atoms with Gasteiger partial charge in [0.05, 0.1) is 47.5 Å². The summed E-state index contributed by atoms with van der Waals surface area (Å²) in [6.07, 6.45) is -0.152. The van der Waals surface area contributed by atoms with Gasteiger partial charge in [0.2, 0.25) is 0 Å². The molecule has 0 aliphatic carbocycles. The summed E-state index contributed by atoms with van der Waals surface area (Å²) in [6.45, 7) is 5.71. The fourth-order valence-corrected chi connectivity index (χ4v) is 5.21. The summed E-state index contributed by atoms with van der Waals surface area (Å²) in [5.41, 5.74) is -0.382. The molecule has 1 N–H and O–H groups in total. The van der Waals surface area contributed by atoms with E-state index < -0.39 is 33.7 Å². The first-order valence-corrected chi connectivity index (χ1v) is 15.9. The van der Waals surface area contributed by atoms with Gasteiger partial charge in [-0.25, -0.2) is 9.59 Å². The molecular weight excluding hydrogens is 695 g/mol. The second-order valence-electron chi connectivity index (χ2n) is 9.85. The maximum atomic E-state index is 13.2. The number of hydrogen-bond acceptors (Lipinski definition) is 8. The molecule has 0 fully saturated rings. The maximum absolute atomic E-state index is 13.2. The lowest BCUT2D eigenvalue weighted by Gasteiger charge is -2.25. The van der Waals surface area contributed by atoms with Crippen molar-refractivity contribution in [1.29, 1.82) is 0 Å². The maximum Gasteiger partial charge on any atom is 0.345 e. The first kappa shape index (κ1) is 34.7. The summed E-state index contributed by atoms with van der Waals surface area (Å²) in [5.74, 6) is -2.43. The van der Waals surface area contributed by atoms with Crippen LogP contribution < -0.4 is 14.8 Å². The molecule has 0 saturated heterocycles. The predicted molar refractivity (Wildman–Crippen MR) is 166 cm³/mol. The first-order valence-electron chi connectivity index (χ1n) is 11.9. The van der Waals surface area contributed by atoms with E-state index in [1.165, 1.54) is 42.5 Å². The number of carbonyl (C=O) groups excluding carboxylic acids is 2. The first-order chi connectivity index (χ1) is 19.4. The minimum atomic E-state index is -3.93. The molecule has 0 aliphatic rings. The minimum Gasteiger partial charge on any atom is -0.419 e. The number of rotatable bonds is 9. The summed E-state index contributed by atoms with van der Waals surface area (Å²) in [7, 11) is -3.93. The van der Waals surface area contributed by atoms with Crippen LogP contribution >= 0.6 is 69.6 Å². The lowest BCUT2D eigenvalue weighted by atomic mass is 10.1. The van der Waals surface area contributed by atoms with Crippen molar-refractivity contribution >= 4 is 91.7 Å². The monoisotopic (exact) mass is 715 g/mol. The number of carbonyl (C=O) groups is 2. The summed E-state index contributed by atoms with van der Waals surface area (Å²) in [4.78, 5) is 26.2. The SMILES string of the molecule is CC(C)(C)NCC(OS(C)(=O)=O)c1ccc(OC(=O)c2ccc(Cl)c(Cl)c2Cl)c(OC(=O)c2ccc(Cl)c(Cl)c2Cl)c1. The van der Waals surface area contributed by atoms with Crippen molar-refractivity contribution in [3.8, 4) is 11.5 Å². The van der Waals surface area contributed by atoms with Crippen LogP contribution in [0.1, 0.15) is 53.2 Å². The fourth-order valence-electron chi connectivity index (χ4n) is 3.38. The molecule has 0 aromatic heterocycles. The lowest BCUT2D eigenvalue weighted by molar-refractivity contribution is 0.0682. The Morgan fingerprint density at radius 2 is 1.24 bits per heavy atom. The Morgan fingerprint density at radius 1 is 0.762 bits per heavy atom. The van der Waals surface area contributed by atoms with Crippen molar-refractivity contribution in [2.75, 3.05) is 12.8 Å². The Hall–Kier alpha value is -1.79. The van der Waals surface area contributed by atoms with Crippen LogP contribution in [-0.2, 0) is 14.3 Å². The molecule has 8 nitrogen and oxygen atoms in total. The summed E-state index contributed by atoms with van der Waals surface area (Å²) in [6, 6.07) is 9.36. The normalized spacial score (nSPS) is 12.6. The third-order valence-corrected chi connectivity index (χ3v) is 8.53. The average molecular weight is 718 g/mol. The molecule has 42 heavy (non-hydrogen) atoms. The quantitative estimate of drug-likeness (QED) is 0.102. The van der Waals surface area contributed by atoms with Crippen LogP contribution in [0.5, 0.6) is 11.5 Å². The Morgan fingerprint density at radius 3 is 1.69 bits per heavy atom. The summed E-state index contributed by atoms with van der Waals surface area (Å²) in [5, 5.41) is 2.95. The minimum absolute atomic E-state index is 0.0561. The zero-order valence-electron chi connectivity index (χ0n) is 22.4. The molecular formula is C27H23Cl6NO7S. The van der Waals surface area contributed by atoms with Gasteiger partial charge in [0.25, 0.3) is 10.1 Å². The van der Waals surface area contributed by atoms with Gasteiger partial charge in [0, 0.05) is 12.1 Å². The van der Waals surface area contributed by atoms with Crippen LogP contribution in [0, 0.1) is 0 Å². The Bertz CT molecular complexity index is 1640. The molecule has 0 saturated carbocycles. The van der Waals surface area contributed by atoms with Gasteiger partial charge in [-0.2, -0.15) is 8.42 Å². The van der Waals surface area contributed by atoms with E-state index in [2.05, 4.69) is 5.32 Å². The number of halogens is 6. The molecule has 0 spiro atoms. The topological polar surface area (TPSA) is 108 Å². The standard InChI is InChI=1S/C27H23Cl6NO7S/c1-27(2,3)34-12-20(41-42(4,37)38)13-5-10-18(39-25(35)14-6-8-16(28)23(32)21(14)30)19(11-13)40-26(36)15-7-9-17(29)24(33)22(15)31/h5-11,20,34H,12H2,1-4H3. The largest absolute Gasteiger partial charge is 0.419 e. The van der Waals surface area contributed by atoms with Gasteiger partial charge in [-0.1, -0.05) is 75.7 Å². The van der Waals surface area contributed by atoms with Crippen molar-refractivity contribution in [2.24, 2.45) is 0 Å². The molecule has 0 amide bonds. The molecule has 226 valence electrons. The number of esters is 2. The molecule has 3 aromatic rings. The van der Waals surface area contributed by atoms with E-state index in [1.807, 2.05) is 20.8 Å². The van der Waals surface area contributed by atoms with E-state index in [1.54, 1.807) is 0 Å². The second-order valence-corrected chi connectivity index (χ2v) is 13.8. The molecule has 0 bridgehead atoms. The van der Waals surface area contributed by atoms with E-state index in [0.29, 0.717) is 0 Å². The number of ether oxygens (including phenoxy) is 2. The van der Waals surface area contributed by atoms with Crippen LogP contribution in [0.3, 0.4) is 0 Å². The van der Waals surface area contributed by atoms with Crippen molar-refractivity contribution in [3.63, 3.8) is 0 Å². The predicted octanol–water partition coefficient (Wildman–Crippen LogP) is 8.45. The van der Waals surface area contributed by atoms with Crippen molar-refractivity contribution in [1.82, 2.24) is 5.32 Å². The zero-order valence-corrected chi connectivity index (χ0v) is 27.7. The van der Waals surface area contributed by atoms with Crippen LogP contribution in [0.4, 0.5) is 0 Å². The highest BCUT2D eigenvalue weighted by Crippen LogP contribution is 2.38. The molecule has 0 radical (unpaired) electrons. The number of nitrogens with one attached hydrogen (secondary N) is 1. The summed E-state index contributed by atoms with van der Waals surface area (Å²) >= 11 is 36.5. The Labute approximate surface area is 273 Å². The van der Waals surface area contributed by atoms with Gasteiger partial charge >= 0.3 is 11.9 Å². The summed E-state index contributed by atoms with van der Waals surface area (Å²) < 4.78 is 40.5. The number of hydrogen-bond donors (Lipinski definition) is 1. The Kier molecular flexibility index (Phi) is 11.5. The molecule has 1 unspecified atom stereocenters. The average Bonchev–Trinajstić information content (AvgIpc) is 2.88. The van der Waals surface area contributed by atoms with Gasteiger partial charge in [-0.05, 0) is 62.7 Å². The molecule has 3 aromatic carbocycles. The Balaban J connectivity index is 2.08. The van der Waals surface area contributed by atoms with Crippen LogP contribution in [0.2, 0.25) is 30.1 Å². The molecule has 3 rings (SSSR count). The molecule has 15 heteroatoms.